The van der Waals surface area contributed by atoms with Crippen molar-refractivity contribution in [2.24, 2.45) is 39.6 Å². The molecule has 11 amide bonds. The lowest BCUT2D eigenvalue weighted by atomic mass is 9.95. The fourth-order valence-electron chi connectivity index (χ4n) is 9.87. The summed E-state index contributed by atoms with van der Waals surface area (Å²) in [4.78, 5) is 157. The van der Waals surface area contributed by atoms with E-state index in [4.69, 9.17) is 28.7 Å². The van der Waals surface area contributed by atoms with Crippen molar-refractivity contribution in [1.82, 2.24) is 41.7 Å². The summed E-state index contributed by atoms with van der Waals surface area (Å²) in [7, 11) is 2.32. The van der Waals surface area contributed by atoms with Gasteiger partial charge in [0.2, 0.25) is 65.0 Å². The Kier molecular flexibility index (Phi) is 22.9. The Morgan fingerprint density at radius 3 is 2.12 bits per heavy atom. The minimum absolute atomic E-state index is 0.0225. The predicted octanol–water partition coefficient (Wildman–Crippen LogP) is -2.16. The zero-order chi connectivity index (χ0) is 57.9. The molecule has 0 aromatic heterocycles. The maximum Gasteiger partial charge on any atom is 0.246 e. The molecule has 6 rings (SSSR count). The number of carbonyl (C=O) groups is 11. The van der Waals surface area contributed by atoms with Crippen molar-refractivity contribution in [1.29, 1.82) is 0 Å². The minimum atomic E-state index is -1.75. The molecule has 3 heterocycles. The molecule has 0 unspecified atom stereocenters. The van der Waals surface area contributed by atoms with E-state index in [1.165, 1.54) is 20.6 Å². The van der Waals surface area contributed by atoms with Gasteiger partial charge in [-0.05, 0) is 72.8 Å². The van der Waals surface area contributed by atoms with Gasteiger partial charge >= 0.3 is 0 Å². The third-order valence-electron chi connectivity index (χ3n) is 13.8. The van der Waals surface area contributed by atoms with Gasteiger partial charge in [0.05, 0.1) is 13.0 Å². The van der Waals surface area contributed by atoms with Crippen LogP contribution in [0.3, 0.4) is 0 Å². The van der Waals surface area contributed by atoms with E-state index < -0.39 is 121 Å². The van der Waals surface area contributed by atoms with Crippen molar-refractivity contribution in [2.75, 3.05) is 37.7 Å². The largest absolute Gasteiger partial charge is 0.370 e. The number of fused-ring (bicyclic) bond motifs is 2. The fraction of sp³-hybridized carbons (Fsp3) is 0.472. The number of likely N-dealkylation sites (tertiary alicyclic amines) is 1. The molecule has 0 radical (unpaired) electrons. The summed E-state index contributed by atoms with van der Waals surface area (Å²) in [6, 6.07) is 13.3. The SMILES string of the molecule is NC(=O)CC[C@@H]1NC(=O)[C@H](Cc2ccccc2)NC(=O)[C@@H]2C[C@@H](Cc3ccc4ccccc4c3)CN2C(=O)CCSSC[C@@H](C(=O)N2CCC[C@H]2C(=O)N[C@@H](CCCN=C(N)N)C(=O)NCC(N)=O)NC(=O)[C@H](CC(N)=O)NC1=O. The lowest BCUT2D eigenvalue weighted by Gasteiger charge is -2.31. The Bertz CT molecular complexity index is 2800. The topological polar surface area (TPSA) is 409 Å². The molecule has 3 aliphatic heterocycles. The first kappa shape index (κ1) is 61.3. The monoisotopic (exact) mass is 1140 g/mol. The molecule has 16 N–H and O–H groups in total. The van der Waals surface area contributed by atoms with Crippen molar-refractivity contribution in [3.8, 4) is 0 Å². The Balaban J connectivity index is 1.29. The third-order valence-corrected chi connectivity index (χ3v) is 16.2. The summed E-state index contributed by atoms with van der Waals surface area (Å²) in [6.07, 6.45) is -0.178. The number of hydrogen-bond acceptors (Lipinski definition) is 14. The van der Waals surface area contributed by atoms with Gasteiger partial charge in [0, 0.05) is 50.4 Å². The van der Waals surface area contributed by atoms with Crippen LogP contribution in [0, 0.1) is 5.92 Å². The molecule has 3 aromatic rings. The normalized spacial score (nSPS) is 22.8. The van der Waals surface area contributed by atoms with Gasteiger partial charge in [-0.2, -0.15) is 0 Å². The van der Waals surface area contributed by atoms with Crippen LogP contribution in [0.1, 0.15) is 68.9 Å². The molecular formula is C53H70N14O11S2. The lowest BCUT2D eigenvalue weighted by molar-refractivity contribution is -0.142. The summed E-state index contributed by atoms with van der Waals surface area (Å²) in [6.45, 7) is -0.145. The van der Waals surface area contributed by atoms with Crippen LogP contribution in [-0.2, 0) is 65.6 Å². The number of nitrogens with two attached hydrogens (primary N) is 5. The van der Waals surface area contributed by atoms with Crippen LogP contribution in [0.5, 0.6) is 0 Å². The number of amides is 11. The molecule has 27 heteroatoms. The zero-order valence-electron chi connectivity index (χ0n) is 44.1. The predicted molar refractivity (Wildman–Crippen MR) is 300 cm³/mol. The van der Waals surface area contributed by atoms with Crippen LogP contribution < -0.4 is 60.6 Å². The summed E-state index contributed by atoms with van der Waals surface area (Å²) in [5, 5.41) is 17.7. The number of carbonyl (C=O) groups excluding carboxylic acids is 11. The van der Waals surface area contributed by atoms with E-state index in [2.05, 4.69) is 43.0 Å². The van der Waals surface area contributed by atoms with Crippen molar-refractivity contribution in [3.63, 3.8) is 0 Å². The highest BCUT2D eigenvalue weighted by molar-refractivity contribution is 8.76. The fourth-order valence-corrected chi connectivity index (χ4v) is 12.0. The van der Waals surface area contributed by atoms with E-state index in [0.29, 0.717) is 18.4 Å². The van der Waals surface area contributed by atoms with Crippen LogP contribution >= 0.6 is 21.6 Å². The molecule has 430 valence electrons. The second kappa shape index (κ2) is 29.9. The maximum atomic E-state index is 14.7. The van der Waals surface area contributed by atoms with Crippen LogP contribution in [0.15, 0.2) is 77.8 Å². The van der Waals surface area contributed by atoms with Gasteiger partial charge in [0.15, 0.2) is 5.96 Å². The molecule has 3 aliphatic rings. The van der Waals surface area contributed by atoms with Crippen molar-refractivity contribution in [2.45, 2.75) is 113 Å². The lowest BCUT2D eigenvalue weighted by Crippen LogP contribution is -2.61. The van der Waals surface area contributed by atoms with E-state index in [9.17, 15) is 52.7 Å². The number of nitrogens with one attached hydrogen (secondary N) is 6. The number of hydrogen-bond donors (Lipinski definition) is 11. The molecule has 3 fully saturated rings. The van der Waals surface area contributed by atoms with Crippen LogP contribution in [0.4, 0.5) is 0 Å². The van der Waals surface area contributed by atoms with Gasteiger partial charge in [0.25, 0.3) is 0 Å². The summed E-state index contributed by atoms with van der Waals surface area (Å²) in [5.74, 6) is -9.14. The van der Waals surface area contributed by atoms with E-state index in [-0.39, 0.29) is 93.9 Å². The van der Waals surface area contributed by atoms with Crippen LogP contribution in [0.2, 0.25) is 0 Å². The molecule has 0 saturated carbocycles. The minimum Gasteiger partial charge on any atom is -0.370 e. The zero-order valence-corrected chi connectivity index (χ0v) is 45.7. The van der Waals surface area contributed by atoms with E-state index in [1.54, 1.807) is 30.3 Å². The number of rotatable bonds is 19. The van der Waals surface area contributed by atoms with Crippen molar-refractivity contribution >= 4 is 103 Å². The number of primary amides is 3. The van der Waals surface area contributed by atoms with E-state index in [0.717, 1.165) is 27.1 Å². The smallest absolute Gasteiger partial charge is 0.246 e. The van der Waals surface area contributed by atoms with E-state index >= 15 is 0 Å². The van der Waals surface area contributed by atoms with Gasteiger partial charge in [0.1, 0.15) is 42.3 Å². The Labute approximate surface area is 469 Å². The standard InChI is InChI=1S/C53H70N14O11S2/c54-42(68)17-16-36-47(73)63-38(26-43(55)69)49(75)65-39(52(78)66-20-7-13-40(66)50(76)62-35(12-6-19-59-53(57)58)46(72)60-27-44(56)70)29-80-79-21-18-45(71)67-28-32(22-31-14-15-33-10-4-5-11-34(33)23-31)25-41(67)51(77)64-37(48(74)61-36)24-30-8-2-1-3-9-30/h1-5,8-11,14-15,23,32,35-41H,6-7,12-13,16-22,24-29H2,(H2,54,68)(H2,55,69)(H2,56,70)(H,60,72)(H,61,74)(H,62,76)(H,63,73)(H,64,77)(H,65,75)(H4,57,58,59)/t32-,35+,36+,37+,38+,39+,40+,41+/m1/s1. The van der Waals surface area contributed by atoms with Crippen molar-refractivity contribution in [3.05, 3.63) is 83.9 Å². The van der Waals surface area contributed by atoms with Crippen LogP contribution in [0.25, 0.3) is 10.8 Å². The van der Waals surface area contributed by atoms with Crippen LogP contribution in [-0.4, -0.2) is 161 Å². The van der Waals surface area contributed by atoms with Gasteiger partial charge in [-0.15, -0.1) is 0 Å². The number of nitrogens with zero attached hydrogens (tertiary/aromatic N) is 3. The highest BCUT2D eigenvalue weighted by Crippen LogP contribution is 2.31. The molecule has 0 aliphatic carbocycles. The summed E-state index contributed by atoms with van der Waals surface area (Å²) >= 11 is 0. The van der Waals surface area contributed by atoms with E-state index in [1.807, 2.05) is 36.4 Å². The molecule has 3 aromatic carbocycles. The van der Waals surface area contributed by atoms with Gasteiger partial charge in [-0.1, -0.05) is 94.4 Å². The number of guanidine groups is 1. The molecule has 0 bridgehead atoms. The summed E-state index contributed by atoms with van der Waals surface area (Å²) < 4.78 is 0. The first-order valence-corrected chi connectivity index (χ1v) is 28.8. The first-order valence-electron chi connectivity index (χ1n) is 26.3. The Morgan fingerprint density at radius 2 is 1.41 bits per heavy atom. The highest BCUT2D eigenvalue weighted by atomic mass is 33.1. The van der Waals surface area contributed by atoms with Crippen molar-refractivity contribution < 1.29 is 52.7 Å². The van der Waals surface area contributed by atoms with Gasteiger partial charge in [-0.3, -0.25) is 57.7 Å². The Morgan fingerprint density at radius 1 is 0.725 bits per heavy atom. The number of aliphatic imine (C=N–C) groups is 1. The molecule has 25 nitrogen and oxygen atoms in total. The molecule has 8 atom stereocenters. The Hall–Kier alpha value is -7.94. The second-order valence-corrected chi connectivity index (χ2v) is 22.5. The van der Waals surface area contributed by atoms with Gasteiger partial charge in [-0.25, -0.2) is 0 Å². The second-order valence-electron chi connectivity index (χ2n) is 19.9. The number of benzene rings is 3. The third kappa shape index (κ3) is 18.3. The molecule has 0 spiro atoms. The quantitative estimate of drug-likeness (QED) is 0.0264. The molecular weight excluding hydrogens is 1070 g/mol. The average Bonchev–Trinajstić information content (AvgIpc) is 4.12. The van der Waals surface area contributed by atoms with Gasteiger partial charge < -0.3 is 70.4 Å². The maximum absolute atomic E-state index is 14.7. The molecule has 3 saturated heterocycles. The molecule has 80 heavy (non-hydrogen) atoms. The average molecular weight is 1140 g/mol. The first-order chi connectivity index (χ1) is 38.3. The summed E-state index contributed by atoms with van der Waals surface area (Å²) in [5.41, 5.74) is 28.8. The highest BCUT2D eigenvalue weighted by Gasteiger charge is 2.43.